The molecule has 0 N–H and O–H groups in total. The fourth-order valence-electron chi connectivity index (χ4n) is 8.40. The first-order valence-electron chi connectivity index (χ1n) is 20.8. The van der Waals surface area contributed by atoms with E-state index in [2.05, 4.69) is 199 Å². The zero-order valence-electron chi connectivity index (χ0n) is 34.0. The first-order chi connectivity index (χ1) is 30.6. The molecule has 7 aromatic carbocycles. The van der Waals surface area contributed by atoms with E-state index < -0.39 is 0 Å². The molecule has 62 heavy (non-hydrogen) atoms. The molecule has 0 unspecified atom stereocenters. The third-order valence-corrected chi connectivity index (χ3v) is 11.6. The van der Waals surface area contributed by atoms with E-state index in [1.54, 1.807) is 0 Å². The van der Waals surface area contributed by atoms with Crippen molar-refractivity contribution in [3.63, 3.8) is 0 Å². The minimum atomic E-state index is 0.574. The highest BCUT2D eigenvalue weighted by Crippen LogP contribution is 2.38. The Morgan fingerprint density at radius 1 is 0.435 bits per heavy atom. The SMILES string of the molecule is CN1CC=CC=C1c1ccc(-c2nc(-c3ccc(C4=[N+]=CC=C4)cc3)nc(-c3cc(-c4ccc(-c5ccccc5)cc4)cc(-c4nc5ccccc5c5ccccc45)c3)n2)cc1. The average molecular weight is 796 g/mol. The predicted molar refractivity (Wildman–Crippen MR) is 256 cm³/mol. The number of hydrogen-bond donors (Lipinski definition) is 0. The van der Waals surface area contributed by atoms with Crippen molar-refractivity contribution >= 4 is 39.3 Å². The summed E-state index contributed by atoms with van der Waals surface area (Å²) in [4.78, 5) is 23.2. The van der Waals surface area contributed by atoms with Crippen LogP contribution in [0.5, 0.6) is 0 Å². The number of hydrogen-bond acceptors (Lipinski definition) is 5. The van der Waals surface area contributed by atoms with Crippen molar-refractivity contribution in [3.05, 3.63) is 211 Å². The lowest BCUT2D eigenvalue weighted by Crippen LogP contribution is -2.18. The van der Waals surface area contributed by atoms with Gasteiger partial charge >= 0.3 is 5.71 Å². The Hall–Kier alpha value is -8.31. The Balaban J connectivity index is 1.10. The van der Waals surface area contributed by atoms with Gasteiger partial charge in [0.1, 0.15) is 0 Å². The smallest absolute Gasteiger partial charge is 0.334 e. The molecule has 2 aliphatic heterocycles. The van der Waals surface area contributed by atoms with Gasteiger partial charge in [0.25, 0.3) is 6.21 Å². The molecule has 0 saturated carbocycles. The molecule has 6 nitrogen and oxygen atoms in total. The summed E-state index contributed by atoms with van der Waals surface area (Å²) in [6.07, 6.45) is 12.2. The number of para-hydroxylation sites is 1. The van der Waals surface area contributed by atoms with Crippen LogP contribution in [0.15, 0.2) is 200 Å². The topological polar surface area (TPSA) is 68.9 Å². The van der Waals surface area contributed by atoms with E-state index in [-0.39, 0.29) is 0 Å². The summed E-state index contributed by atoms with van der Waals surface area (Å²) in [5.41, 5.74) is 14.2. The van der Waals surface area contributed by atoms with Crippen molar-refractivity contribution < 1.29 is 0 Å². The molecule has 2 aromatic heterocycles. The van der Waals surface area contributed by atoms with Crippen molar-refractivity contribution in [2.45, 2.75) is 0 Å². The van der Waals surface area contributed by atoms with E-state index in [4.69, 9.17) is 19.9 Å². The minimum Gasteiger partial charge on any atom is -0.370 e. The molecule has 2 aliphatic rings. The number of benzene rings is 7. The third-order valence-electron chi connectivity index (χ3n) is 11.6. The van der Waals surface area contributed by atoms with E-state index in [1.165, 1.54) is 11.3 Å². The standard InChI is InChI=1S/C56H39N6/c1-62-33-10-9-19-52(62)41-26-30-43(31-27-41)55-59-54(42-28-24-40(25-29-42)50-18-11-32-57-50)60-56(61-55)46-35-44(39-22-20-38(21-23-39)37-12-3-2-4-13-37)34-45(36-46)53-49-16-6-5-14-47(49)48-15-7-8-17-51(48)58-53/h2-32,34-36H,33H2,1H3/q+1. The number of aromatic nitrogens is 4. The number of fused-ring (bicyclic) bond motifs is 3. The van der Waals surface area contributed by atoms with Gasteiger partial charge in [0.05, 0.1) is 16.8 Å². The van der Waals surface area contributed by atoms with Crippen LogP contribution in [0, 0.1) is 0 Å². The normalized spacial score (nSPS) is 13.2. The van der Waals surface area contributed by atoms with Gasteiger partial charge in [-0.25, -0.2) is 19.9 Å². The Bertz CT molecular complexity index is 3340. The first-order valence-corrected chi connectivity index (χ1v) is 20.8. The molecule has 0 saturated heterocycles. The monoisotopic (exact) mass is 795 g/mol. The fourth-order valence-corrected chi connectivity index (χ4v) is 8.40. The Kier molecular flexibility index (Phi) is 9.31. The second-order valence-corrected chi connectivity index (χ2v) is 15.6. The Morgan fingerprint density at radius 3 is 1.65 bits per heavy atom. The summed E-state index contributed by atoms with van der Waals surface area (Å²) >= 11 is 0. The molecule has 6 heteroatoms. The number of rotatable bonds is 8. The van der Waals surface area contributed by atoms with Crippen LogP contribution in [0.4, 0.5) is 0 Å². The molecule has 0 fully saturated rings. The summed E-state index contributed by atoms with van der Waals surface area (Å²) in [6.45, 7) is 0.872. The van der Waals surface area contributed by atoms with Crippen molar-refractivity contribution in [1.29, 1.82) is 0 Å². The van der Waals surface area contributed by atoms with Gasteiger partial charge in [-0.05, 0) is 75.7 Å². The van der Waals surface area contributed by atoms with Crippen LogP contribution in [0.1, 0.15) is 11.1 Å². The van der Waals surface area contributed by atoms with Gasteiger partial charge in [0.2, 0.25) is 0 Å². The first kappa shape index (κ1) is 36.7. The molecule has 0 amide bonds. The maximum Gasteiger partial charge on any atom is 0.334 e. The molecule has 0 bridgehead atoms. The fraction of sp³-hybridized carbons (Fsp3) is 0.0357. The maximum atomic E-state index is 5.34. The van der Waals surface area contributed by atoms with Crippen molar-refractivity contribution in [2.24, 2.45) is 0 Å². The third kappa shape index (κ3) is 7.01. The zero-order valence-corrected chi connectivity index (χ0v) is 34.0. The highest BCUT2D eigenvalue weighted by atomic mass is 15.1. The molecule has 0 atom stereocenters. The van der Waals surface area contributed by atoms with Gasteiger partial charge in [-0.15, -0.1) is 0 Å². The molecular weight excluding hydrogens is 757 g/mol. The van der Waals surface area contributed by atoms with Crippen LogP contribution in [0.3, 0.4) is 0 Å². The minimum absolute atomic E-state index is 0.574. The van der Waals surface area contributed by atoms with E-state index in [9.17, 15) is 0 Å². The Morgan fingerprint density at radius 2 is 0.968 bits per heavy atom. The van der Waals surface area contributed by atoms with Gasteiger partial charge < -0.3 is 4.90 Å². The van der Waals surface area contributed by atoms with Crippen molar-refractivity contribution in [3.8, 4) is 67.7 Å². The maximum absolute atomic E-state index is 5.34. The van der Waals surface area contributed by atoms with Gasteiger partial charge in [-0.3, -0.25) is 0 Å². The summed E-state index contributed by atoms with van der Waals surface area (Å²) < 4.78 is 4.51. The molecular formula is C56H39N6+. The van der Waals surface area contributed by atoms with Gasteiger partial charge in [-0.2, -0.15) is 0 Å². The lowest BCUT2D eigenvalue weighted by molar-refractivity contribution is 0.531. The van der Waals surface area contributed by atoms with Crippen molar-refractivity contribution in [1.82, 2.24) is 29.5 Å². The molecule has 0 spiro atoms. The van der Waals surface area contributed by atoms with Crippen molar-refractivity contribution in [2.75, 3.05) is 13.6 Å². The lowest BCUT2D eigenvalue weighted by Gasteiger charge is -2.23. The van der Waals surface area contributed by atoms with Crippen LogP contribution < -0.4 is 4.67 Å². The summed E-state index contributed by atoms with van der Waals surface area (Å²) in [7, 11) is 2.11. The van der Waals surface area contributed by atoms with Crippen LogP contribution >= 0.6 is 0 Å². The lowest BCUT2D eigenvalue weighted by atomic mass is 9.94. The number of nitrogens with zero attached hydrogens (tertiary/aromatic N) is 6. The quantitative estimate of drug-likeness (QED) is 0.113. The number of pyridine rings is 1. The van der Waals surface area contributed by atoms with Gasteiger partial charge in [0.15, 0.2) is 17.5 Å². The highest BCUT2D eigenvalue weighted by Gasteiger charge is 2.19. The van der Waals surface area contributed by atoms with Gasteiger partial charge in [-0.1, -0.05) is 150 Å². The van der Waals surface area contributed by atoms with Crippen LogP contribution in [-0.2, 0) is 0 Å². The van der Waals surface area contributed by atoms with Gasteiger partial charge in [0, 0.05) is 64.5 Å². The van der Waals surface area contributed by atoms with Crippen LogP contribution in [0.2, 0.25) is 0 Å². The predicted octanol–water partition coefficient (Wildman–Crippen LogP) is 11.9. The molecule has 0 radical (unpaired) electrons. The van der Waals surface area contributed by atoms with E-state index >= 15 is 0 Å². The second kappa shape index (κ2) is 15.7. The second-order valence-electron chi connectivity index (χ2n) is 15.6. The number of allylic oxidation sites excluding steroid dienone is 4. The molecule has 9 aromatic rings. The van der Waals surface area contributed by atoms with Crippen LogP contribution in [-0.4, -0.2) is 50.4 Å². The van der Waals surface area contributed by atoms with E-state index in [1.807, 2.05) is 24.4 Å². The van der Waals surface area contributed by atoms with E-state index in [0.717, 1.165) is 89.7 Å². The molecule has 4 heterocycles. The zero-order chi connectivity index (χ0) is 41.4. The highest BCUT2D eigenvalue weighted by molar-refractivity contribution is 6.13. The Labute approximate surface area is 360 Å². The molecule has 0 aliphatic carbocycles. The largest absolute Gasteiger partial charge is 0.370 e. The molecule has 11 rings (SSSR count). The summed E-state index contributed by atoms with van der Waals surface area (Å²) in [5, 5.41) is 3.37. The number of likely N-dealkylation sites (N-methyl/N-ethyl adjacent to an activating group) is 1. The van der Waals surface area contributed by atoms with E-state index in [0.29, 0.717) is 17.5 Å². The molecule has 292 valence electrons. The van der Waals surface area contributed by atoms with Crippen LogP contribution in [0.25, 0.3) is 95.0 Å². The summed E-state index contributed by atoms with van der Waals surface area (Å²) in [6, 6.07) is 59.6. The summed E-state index contributed by atoms with van der Waals surface area (Å²) in [5.74, 6) is 1.76. The average Bonchev–Trinajstić information content (AvgIpc) is 3.90.